The van der Waals surface area contributed by atoms with Gasteiger partial charge in [0.25, 0.3) is 5.91 Å². The number of hydrogen-bond donors (Lipinski definition) is 2. The SMILES string of the molecule is CC(C(=O)N(Cc1ccccc1)[C@@H](C)C1CC1)N1C(=O)OC2(CCc3cc(NC(=O)C4(C)CNC4)ccc32)C1=O. The van der Waals surface area contributed by atoms with Crippen molar-refractivity contribution in [2.45, 2.75) is 70.7 Å². The van der Waals surface area contributed by atoms with E-state index in [0.29, 0.717) is 49.6 Å². The Hall–Kier alpha value is -3.72. The van der Waals surface area contributed by atoms with Gasteiger partial charge in [-0.2, -0.15) is 0 Å². The normalized spacial score (nSPS) is 24.2. The quantitative estimate of drug-likeness (QED) is 0.526. The number of rotatable bonds is 8. The molecule has 1 saturated carbocycles. The minimum absolute atomic E-state index is 0.00310. The molecule has 3 atom stereocenters. The maximum absolute atomic E-state index is 13.9. The largest absolute Gasteiger partial charge is 0.427 e. The monoisotopic (exact) mass is 544 g/mol. The van der Waals surface area contributed by atoms with Crippen LogP contribution < -0.4 is 10.6 Å². The van der Waals surface area contributed by atoms with Crippen molar-refractivity contribution in [2.75, 3.05) is 18.4 Å². The summed E-state index contributed by atoms with van der Waals surface area (Å²) in [6, 6.07) is 14.1. The highest BCUT2D eigenvalue weighted by Gasteiger charge is 2.60. The van der Waals surface area contributed by atoms with E-state index in [1.807, 2.05) is 50.2 Å². The van der Waals surface area contributed by atoms with Crippen molar-refractivity contribution in [2.24, 2.45) is 11.3 Å². The fourth-order valence-electron chi connectivity index (χ4n) is 6.23. The van der Waals surface area contributed by atoms with Gasteiger partial charge in [0, 0.05) is 43.3 Å². The number of ether oxygens (including phenoxy) is 1. The molecule has 2 aliphatic carbocycles. The predicted octanol–water partition coefficient (Wildman–Crippen LogP) is 3.57. The molecule has 9 nitrogen and oxygen atoms in total. The summed E-state index contributed by atoms with van der Waals surface area (Å²) in [5.74, 6) is -0.394. The van der Waals surface area contributed by atoms with Crippen molar-refractivity contribution in [3.8, 4) is 0 Å². The molecule has 9 heteroatoms. The maximum atomic E-state index is 13.9. The number of aryl methyl sites for hydroxylation is 1. The number of amides is 4. The van der Waals surface area contributed by atoms with Gasteiger partial charge in [-0.25, -0.2) is 9.69 Å². The lowest BCUT2D eigenvalue weighted by Crippen LogP contribution is -2.58. The van der Waals surface area contributed by atoms with E-state index < -0.39 is 29.1 Å². The van der Waals surface area contributed by atoms with Gasteiger partial charge in [0.1, 0.15) is 6.04 Å². The van der Waals surface area contributed by atoms with E-state index in [0.717, 1.165) is 28.9 Å². The van der Waals surface area contributed by atoms with Crippen LogP contribution in [0.15, 0.2) is 48.5 Å². The Morgan fingerprint density at radius 1 is 1.12 bits per heavy atom. The van der Waals surface area contributed by atoms with Crippen LogP contribution in [-0.4, -0.2) is 58.8 Å². The number of carbonyl (C=O) groups excluding carboxylic acids is 4. The number of carbonyl (C=O) groups is 4. The second-order valence-corrected chi connectivity index (χ2v) is 12.1. The fraction of sp³-hybridized carbons (Fsp3) is 0.484. The molecule has 2 aliphatic heterocycles. The molecule has 0 radical (unpaired) electrons. The highest BCUT2D eigenvalue weighted by Crippen LogP contribution is 2.47. The van der Waals surface area contributed by atoms with Crippen LogP contribution >= 0.6 is 0 Å². The first-order valence-electron chi connectivity index (χ1n) is 14.2. The molecule has 2 heterocycles. The smallest absolute Gasteiger partial charge is 0.418 e. The molecule has 3 fully saturated rings. The van der Waals surface area contributed by atoms with Crippen LogP contribution in [0.2, 0.25) is 0 Å². The summed E-state index contributed by atoms with van der Waals surface area (Å²) in [7, 11) is 0. The van der Waals surface area contributed by atoms with Crippen molar-refractivity contribution >= 4 is 29.5 Å². The molecule has 0 bridgehead atoms. The summed E-state index contributed by atoms with van der Waals surface area (Å²) in [6.07, 6.45) is 2.16. The number of anilines is 1. The number of benzene rings is 2. The van der Waals surface area contributed by atoms with Crippen LogP contribution in [0.4, 0.5) is 10.5 Å². The molecule has 2 aromatic rings. The Balaban J connectivity index is 1.22. The number of fused-ring (bicyclic) bond motifs is 2. The van der Waals surface area contributed by atoms with Gasteiger partial charge in [0.2, 0.25) is 17.4 Å². The van der Waals surface area contributed by atoms with E-state index in [2.05, 4.69) is 10.6 Å². The molecular formula is C31H36N4O5. The molecule has 6 rings (SSSR count). The second-order valence-electron chi connectivity index (χ2n) is 12.1. The van der Waals surface area contributed by atoms with Crippen molar-refractivity contribution in [3.05, 3.63) is 65.2 Å². The van der Waals surface area contributed by atoms with Gasteiger partial charge in [-0.3, -0.25) is 14.4 Å². The maximum Gasteiger partial charge on any atom is 0.418 e. The van der Waals surface area contributed by atoms with Crippen LogP contribution in [0.5, 0.6) is 0 Å². The Morgan fingerprint density at radius 2 is 1.85 bits per heavy atom. The number of nitrogens with zero attached hydrogens (tertiary/aromatic N) is 2. The number of nitrogens with one attached hydrogen (secondary N) is 2. The second kappa shape index (κ2) is 9.73. The molecule has 2 N–H and O–H groups in total. The highest BCUT2D eigenvalue weighted by molar-refractivity contribution is 6.07. The third-order valence-corrected chi connectivity index (χ3v) is 9.16. The van der Waals surface area contributed by atoms with Crippen LogP contribution in [0, 0.1) is 11.3 Å². The summed E-state index contributed by atoms with van der Waals surface area (Å²) >= 11 is 0. The van der Waals surface area contributed by atoms with Crippen molar-refractivity contribution in [1.29, 1.82) is 0 Å². The molecule has 4 amide bonds. The van der Waals surface area contributed by atoms with E-state index in [1.165, 1.54) is 0 Å². The molecule has 1 spiro atoms. The first-order valence-corrected chi connectivity index (χ1v) is 14.2. The molecular weight excluding hydrogens is 508 g/mol. The van der Waals surface area contributed by atoms with E-state index >= 15 is 0 Å². The predicted molar refractivity (Wildman–Crippen MR) is 148 cm³/mol. The van der Waals surface area contributed by atoms with Gasteiger partial charge in [0.15, 0.2) is 0 Å². The summed E-state index contributed by atoms with van der Waals surface area (Å²) in [5, 5.41) is 6.11. The van der Waals surface area contributed by atoms with Gasteiger partial charge in [-0.1, -0.05) is 36.4 Å². The lowest BCUT2D eigenvalue weighted by molar-refractivity contribution is -0.146. The van der Waals surface area contributed by atoms with Crippen molar-refractivity contribution < 1.29 is 23.9 Å². The van der Waals surface area contributed by atoms with E-state index in [-0.39, 0.29) is 17.9 Å². The van der Waals surface area contributed by atoms with E-state index in [1.54, 1.807) is 24.0 Å². The average Bonchev–Trinajstić information content (AvgIpc) is 3.67. The fourth-order valence-corrected chi connectivity index (χ4v) is 6.23. The first-order chi connectivity index (χ1) is 19.1. The van der Waals surface area contributed by atoms with Crippen LogP contribution in [0.25, 0.3) is 0 Å². The van der Waals surface area contributed by atoms with E-state index in [9.17, 15) is 19.2 Å². The number of hydrogen-bond acceptors (Lipinski definition) is 6. The molecule has 40 heavy (non-hydrogen) atoms. The van der Waals surface area contributed by atoms with E-state index in [4.69, 9.17) is 4.74 Å². The third kappa shape index (κ3) is 4.36. The standard InChI is InChI=1S/C31H36N4O5/c1-19(22-9-10-22)34(16-21-7-5-4-6-8-21)26(36)20(2)35-28(38)31(40-29(35)39)14-13-23-15-24(11-12-25(23)31)33-27(37)30(3)17-32-18-30/h4-8,11-12,15,19-20,22,32H,9-10,13-14,16-18H2,1-3H3,(H,33,37)/t19-,20?,31?/m0/s1. The van der Waals surface area contributed by atoms with Gasteiger partial charge in [0.05, 0.1) is 5.41 Å². The summed E-state index contributed by atoms with van der Waals surface area (Å²) in [5.41, 5.74) is 1.24. The summed E-state index contributed by atoms with van der Waals surface area (Å²) in [4.78, 5) is 56.5. The van der Waals surface area contributed by atoms with Crippen molar-refractivity contribution in [1.82, 2.24) is 15.1 Å². The molecule has 4 aliphatic rings. The number of imide groups is 1. The molecule has 210 valence electrons. The Morgan fingerprint density at radius 3 is 2.50 bits per heavy atom. The minimum Gasteiger partial charge on any atom is -0.427 e. The zero-order valence-corrected chi connectivity index (χ0v) is 23.2. The van der Waals surface area contributed by atoms with Crippen LogP contribution in [0.3, 0.4) is 0 Å². The van der Waals surface area contributed by atoms with Gasteiger partial charge >= 0.3 is 6.09 Å². The van der Waals surface area contributed by atoms with Gasteiger partial charge < -0.3 is 20.3 Å². The minimum atomic E-state index is -1.44. The van der Waals surface area contributed by atoms with Crippen LogP contribution in [0.1, 0.15) is 56.7 Å². The zero-order valence-electron chi connectivity index (χ0n) is 23.2. The van der Waals surface area contributed by atoms with Gasteiger partial charge in [-0.15, -0.1) is 0 Å². The first kappa shape index (κ1) is 26.5. The molecule has 2 unspecified atom stereocenters. The molecule has 0 aromatic heterocycles. The Bertz CT molecular complexity index is 1370. The Labute approximate surface area is 234 Å². The zero-order chi connectivity index (χ0) is 28.2. The molecule has 2 aromatic carbocycles. The lowest BCUT2D eigenvalue weighted by Gasteiger charge is -2.37. The third-order valence-electron chi connectivity index (χ3n) is 9.16. The summed E-state index contributed by atoms with van der Waals surface area (Å²) in [6.45, 7) is 7.25. The lowest BCUT2D eigenvalue weighted by atomic mass is 9.83. The summed E-state index contributed by atoms with van der Waals surface area (Å²) < 4.78 is 5.82. The van der Waals surface area contributed by atoms with Crippen molar-refractivity contribution in [3.63, 3.8) is 0 Å². The van der Waals surface area contributed by atoms with Crippen LogP contribution in [-0.2, 0) is 37.7 Å². The molecule has 2 saturated heterocycles. The average molecular weight is 545 g/mol. The topological polar surface area (TPSA) is 108 Å². The highest BCUT2D eigenvalue weighted by atomic mass is 16.6. The Kier molecular flexibility index (Phi) is 6.45. The van der Waals surface area contributed by atoms with Gasteiger partial charge in [-0.05, 0) is 69.2 Å².